The quantitative estimate of drug-likeness (QED) is 0.700. The first-order valence-electron chi connectivity index (χ1n) is 8.09. The average molecular weight is 345 g/mol. The van der Waals surface area contributed by atoms with Crippen molar-refractivity contribution in [3.05, 3.63) is 53.2 Å². The number of piperidine rings is 1. The summed E-state index contributed by atoms with van der Waals surface area (Å²) in [5, 5.41) is 5.43. The van der Waals surface area contributed by atoms with E-state index in [0.717, 1.165) is 25.9 Å². The maximum absolute atomic E-state index is 14.9. The summed E-state index contributed by atoms with van der Waals surface area (Å²) in [6.45, 7) is 1.64. The molecule has 0 atom stereocenters. The number of anilines is 1. The molecule has 0 aliphatic carbocycles. The fourth-order valence-corrected chi connectivity index (χ4v) is 3.70. The molecule has 1 saturated heterocycles. The van der Waals surface area contributed by atoms with Gasteiger partial charge < -0.3 is 4.90 Å². The van der Waals surface area contributed by atoms with Gasteiger partial charge in [-0.2, -0.15) is 5.10 Å². The number of fused-ring (bicyclic) bond motifs is 1. The third-order valence-corrected chi connectivity index (χ3v) is 5.14. The van der Waals surface area contributed by atoms with E-state index in [2.05, 4.69) is 21.2 Å². The van der Waals surface area contributed by atoms with Gasteiger partial charge in [0.2, 0.25) is 0 Å². The van der Waals surface area contributed by atoms with Crippen LogP contribution in [0, 0.1) is 5.82 Å². The Balaban J connectivity index is 1.57. The Kier molecular flexibility index (Phi) is 3.88. The van der Waals surface area contributed by atoms with Crippen LogP contribution in [0.5, 0.6) is 0 Å². The molecule has 2 aromatic heterocycles. The molecular formula is C18H18ClFN4. The van der Waals surface area contributed by atoms with Crippen molar-refractivity contribution in [2.45, 2.75) is 18.8 Å². The van der Waals surface area contributed by atoms with Crippen molar-refractivity contribution in [3.8, 4) is 0 Å². The summed E-state index contributed by atoms with van der Waals surface area (Å²) in [5.41, 5.74) is 2.22. The number of hydrogen-bond donors (Lipinski definition) is 0. The van der Waals surface area contributed by atoms with E-state index >= 15 is 0 Å². The van der Waals surface area contributed by atoms with Crippen molar-refractivity contribution in [3.63, 3.8) is 0 Å². The zero-order valence-electron chi connectivity index (χ0n) is 13.4. The lowest BCUT2D eigenvalue weighted by atomic mass is 9.91. The standard InChI is InChI=1S/C18H18ClFN4/c1-23-11-13(10-22-23)12-5-8-24(9-6-12)16-3-2-14-15(19)4-7-21-18(14)17(16)20/h2-4,7,10-12H,5-6,8-9H2,1H3. The molecule has 24 heavy (non-hydrogen) atoms. The summed E-state index contributed by atoms with van der Waals surface area (Å²) >= 11 is 6.13. The van der Waals surface area contributed by atoms with Crippen LogP contribution in [0.1, 0.15) is 24.3 Å². The highest BCUT2D eigenvalue weighted by Crippen LogP contribution is 2.34. The minimum atomic E-state index is -0.283. The molecule has 0 spiro atoms. The van der Waals surface area contributed by atoms with Crippen molar-refractivity contribution in [1.82, 2.24) is 14.8 Å². The first-order chi connectivity index (χ1) is 11.6. The lowest BCUT2D eigenvalue weighted by Crippen LogP contribution is -2.33. The molecule has 0 amide bonds. The maximum Gasteiger partial charge on any atom is 0.172 e. The number of halogens is 2. The normalized spacial score (nSPS) is 16.0. The molecule has 1 fully saturated rings. The molecule has 1 aliphatic heterocycles. The van der Waals surface area contributed by atoms with Crippen molar-refractivity contribution >= 4 is 28.2 Å². The highest BCUT2D eigenvalue weighted by Gasteiger charge is 2.24. The van der Waals surface area contributed by atoms with E-state index in [1.165, 1.54) is 5.56 Å². The summed E-state index contributed by atoms with van der Waals surface area (Å²) in [6.07, 6.45) is 7.54. The Morgan fingerprint density at radius 1 is 1.21 bits per heavy atom. The summed E-state index contributed by atoms with van der Waals surface area (Å²) in [4.78, 5) is 6.27. The fourth-order valence-electron chi connectivity index (χ4n) is 3.49. The van der Waals surface area contributed by atoms with Crippen LogP contribution < -0.4 is 4.90 Å². The topological polar surface area (TPSA) is 34.0 Å². The van der Waals surface area contributed by atoms with E-state index in [4.69, 9.17) is 11.6 Å². The number of aryl methyl sites for hydroxylation is 1. The number of nitrogens with zero attached hydrogens (tertiary/aromatic N) is 4. The second-order valence-electron chi connectivity index (χ2n) is 6.30. The molecule has 3 heterocycles. The third-order valence-electron chi connectivity index (χ3n) is 4.81. The maximum atomic E-state index is 14.9. The number of hydrogen-bond acceptors (Lipinski definition) is 3. The van der Waals surface area contributed by atoms with Crippen molar-refractivity contribution in [1.29, 1.82) is 0 Å². The summed E-state index contributed by atoms with van der Waals surface area (Å²) < 4.78 is 16.7. The van der Waals surface area contributed by atoms with Gasteiger partial charge in [-0.25, -0.2) is 4.39 Å². The highest BCUT2D eigenvalue weighted by atomic mass is 35.5. The Morgan fingerprint density at radius 3 is 2.71 bits per heavy atom. The number of rotatable bonds is 2. The summed E-state index contributed by atoms with van der Waals surface area (Å²) in [7, 11) is 1.93. The van der Waals surface area contributed by atoms with E-state index in [1.54, 1.807) is 12.3 Å². The van der Waals surface area contributed by atoms with E-state index < -0.39 is 0 Å². The van der Waals surface area contributed by atoms with Crippen LogP contribution in [0.2, 0.25) is 5.02 Å². The molecule has 0 N–H and O–H groups in total. The van der Waals surface area contributed by atoms with Crippen LogP contribution in [-0.2, 0) is 7.05 Å². The molecule has 1 aliphatic rings. The van der Waals surface area contributed by atoms with Gasteiger partial charge in [0.1, 0.15) is 5.52 Å². The average Bonchev–Trinajstić information content (AvgIpc) is 3.03. The van der Waals surface area contributed by atoms with Gasteiger partial charge in [-0.05, 0) is 42.5 Å². The first-order valence-corrected chi connectivity index (χ1v) is 8.47. The molecule has 0 unspecified atom stereocenters. The minimum Gasteiger partial charge on any atom is -0.369 e. The largest absolute Gasteiger partial charge is 0.369 e. The molecule has 0 bridgehead atoms. The van der Waals surface area contributed by atoms with Gasteiger partial charge in [-0.15, -0.1) is 0 Å². The van der Waals surface area contributed by atoms with Gasteiger partial charge in [0.05, 0.1) is 16.9 Å². The monoisotopic (exact) mass is 344 g/mol. The Bertz CT molecular complexity index is 884. The van der Waals surface area contributed by atoms with E-state index in [-0.39, 0.29) is 5.82 Å². The van der Waals surface area contributed by atoms with Gasteiger partial charge in [0.25, 0.3) is 0 Å². The summed E-state index contributed by atoms with van der Waals surface area (Å²) in [5.74, 6) is 0.209. The van der Waals surface area contributed by atoms with Gasteiger partial charge in [-0.1, -0.05) is 11.6 Å². The minimum absolute atomic E-state index is 0.283. The third kappa shape index (κ3) is 2.63. The predicted molar refractivity (Wildman–Crippen MR) is 94.1 cm³/mol. The van der Waals surface area contributed by atoms with Crippen molar-refractivity contribution in [2.75, 3.05) is 18.0 Å². The lowest BCUT2D eigenvalue weighted by molar-refractivity contribution is 0.498. The molecule has 4 nitrogen and oxygen atoms in total. The van der Waals surface area contributed by atoms with Gasteiger partial charge >= 0.3 is 0 Å². The number of benzene rings is 1. The van der Waals surface area contributed by atoms with Crippen molar-refractivity contribution < 1.29 is 4.39 Å². The molecular weight excluding hydrogens is 327 g/mol. The predicted octanol–water partition coefficient (Wildman–Crippen LogP) is 4.14. The van der Waals surface area contributed by atoms with E-state index in [0.29, 0.717) is 27.5 Å². The SMILES string of the molecule is Cn1cc(C2CCN(c3ccc4c(Cl)ccnc4c3F)CC2)cn1. The zero-order chi connectivity index (χ0) is 16.7. The molecule has 3 aromatic rings. The first kappa shape index (κ1) is 15.4. The number of pyridine rings is 1. The molecule has 0 saturated carbocycles. The Morgan fingerprint density at radius 2 is 2.00 bits per heavy atom. The van der Waals surface area contributed by atoms with Gasteiger partial charge in [0, 0.05) is 37.9 Å². The fraction of sp³-hybridized carbons (Fsp3) is 0.333. The molecule has 124 valence electrons. The van der Waals surface area contributed by atoms with Gasteiger partial charge in [-0.3, -0.25) is 9.67 Å². The Hall–Kier alpha value is -2.14. The van der Waals surface area contributed by atoms with E-state index in [1.807, 2.05) is 30.1 Å². The van der Waals surface area contributed by atoms with E-state index in [9.17, 15) is 4.39 Å². The van der Waals surface area contributed by atoms with Crippen LogP contribution >= 0.6 is 11.6 Å². The molecule has 6 heteroatoms. The van der Waals surface area contributed by atoms with Crippen LogP contribution in [0.4, 0.5) is 10.1 Å². The second kappa shape index (κ2) is 6.06. The Labute approximate surface area is 144 Å². The zero-order valence-corrected chi connectivity index (χ0v) is 14.2. The van der Waals surface area contributed by atoms with Crippen LogP contribution in [-0.4, -0.2) is 27.9 Å². The summed E-state index contributed by atoms with van der Waals surface area (Å²) in [6, 6.07) is 5.36. The van der Waals surface area contributed by atoms with Crippen LogP contribution in [0.3, 0.4) is 0 Å². The lowest BCUT2D eigenvalue weighted by Gasteiger charge is -2.33. The smallest absolute Gasteiger partial charge is 0.172 e. The number of aromatic nitrogens is 3. The molecule has 0 radical (unpaired) electrons. The molecule has 1 aromatic carbocycles. The van der Waals surface area contributed by atoms with Crippen LogP contribution in [0.15, 0.2) is 36.8 Å². The van der Waals surface area contributed by atoms with Crippen molar-refractivity contribution in [2.24, 2.45) is 7.05 Å². The van der Waals surface area contributed by atoms with Gasteiger partial charge in [0.15, 0.2) is 5.82 Å². The molecule has 4 rings (SSSR count). The van der Waals surface area contributed by atoms with Crippen LogP contribution in [0.25, 0.3) is 10.9 Å². The second-order valence-corrected chi connectivity index (χ2v) is 6.70. The highest BCUT2D eigenvalue weighted by molar-refractivity contribution is 6.35.